The Bertz CT molecular complexity index is 1190. The van der Waals surface area contributed by atoms with Crippen molar-refractivity contribution >= 4 is 38.1 Å². The number of hydrogen-bond donors (Lipinski definition) is 2. The molecule has 3 aromatic rings. The fourth-order valence-corrected chi connectivity index (χ4v) is 6.34. The first-order valence-corrected chi connectivity index (χ1v) is 12.2. The predicted molar refractivity (Wildman–Crippen MR) is 117 cm³/mol. The lowest BCUT2D eigenvalue weighted by molar-refractivity contribution is -0.117. The lowest BCUT2D eigenvalue weighted by atomic mass is 10.1. The van der Waals surface area contributed by atoms with Crippen LogP contribution in [-0.2, 0) is 21.2 Å². The minimum absolute atomic E-state index is 0.0943. The smallest absolute Gasteiger partial charge is 0.237 e. The van der Waals surface area contributed by atoms with Crippen LogP contribution in [0.2, 0.25) is 0 Å². The number of carbonyl (C=O) groups excluding carboxylic acids is 1. The Kier molecular flexibility index (Phi) is 4.79. The van der Waals surface area contributed by atoms with Crippen LogP contribution >= 0.6 is 11.3 Å². The van der Waals surface area contributed by atoms with E-state index in [1.165, 1.54) is 11.3 Å². The van der Waals surface area contributed by atoms with Gasteiger partial charge in [0.25, 0.3) is 0 Å². The molecule has 1 aromatic carbocycles. The van der Waals surface area contributed by atoms with Gasteiger partial charge >= 0.3 is 0 Å². The number of anilines is 2. The minimum Gasteiger partial charge on any atom is -0.326 e. The van der Waals surface area contributed by atoms with Gasteiger partial charge in [-0.05, 0) is 55.0 Å². The van der Waals surface area contributed by atoms with E-state index in [4.69, 9.17) is 0 Å². The van der Waals surface area contributed by atoms with Gasteiger partial charge < -0.3 is 5.32 Å². The van der Waals surface area contributed by atoms with Gasteiger partial charge in [0.05, 0.1) is 16.9 Å². The van der Waals surface area contributed by atoms with Gasteiger partial charge in [0, 0.05) is 23.0 Å². The summed E-state index contributed by atoms with van der Waals surface area (Å²) >= 11 is 1.27. The second kappa shape index (κ2) is 7.48. The van der Waals surface area contributed by atoms with Gasteiger partial charge in [-0.25, -0.2) is 13.4 Å². The summed E-state index contributed by atoms with van der Waals surface area (Å²) < 4.78 is 26.9. The molecule has 2 aromatic heterocycles. The Morgan fingerprint density at radius 1 is 1.07 bits per heavy atom. The fourth-order valence-electron chi connectivity index (χ4n) is 3.61. The van der Waals surface area contributed by atoms with Crippen LogP contribution in [0.3, 0.4) is 0 Å². The van der Waals surface area contributed by atoms with E-state index in [9.17, 15) is 13.2 Å². The van der Waals surface area contributed by atoms with Crippen LogP contribution in [0.25, 0.3) is 11.1 Å². The molecule has 2 heterocycles. The maximum absolute atomic E-state index is 12.9. The van der Waals surface area contributed by atoms with Gasteiger partial charge in [-0.3, -0.25) is 14.5 Å². The molecule has 9 heteroatoms. The maximum atomic E-state index is 12.9. The van der Waals surface area contributed by atoms with E-state index in [1.54, 1.807) is 12.4 Å². The fraction of sp³-hybridized carbons (Fsp3) is 0.286. The van der Waals surface area contributed by atoms with Crippen molar-refractivity contribution in [1.29, 1.82) is 0 Å². The molecule has 0 spiro atoms. The highest BCUT2D eigenvalue weighted by Gasteiger charge is 2.38. The van der Waals surface area contributed by atoms with E-state index < -0.39 is 10.0 Å². The zero-order valence-electron chi connectivity index (χ0n) is 16.0. The summed E-state index contributed by atoms with van der Waals surface area (Å²) in [6, 6.07) is 11.5. The van der Waals surface area contributed by atoms with E-state index in [-0.39, 0.29) is 17.1 Å². The van der Waals surface area contributed by atoms with Gasteiger partial charge in [0.2, 0.25) is 15.9 Å². The molecule has 7 nitrogen and oxygen atoms in total. The summed E-state index contributed by atoms with van der Waals surface area (Å²) in [5.41, 5.74) is 3.58. The number of rotatable bonds is 6. The largest absolute Gasteiger partial charge is 0.326 e. The molecule has 30 heavy (non-hydrogen) atoms. The van der Waals surface area contributed by atoms with Crippen LogP contribution in [0, 0.1) is 0 Å². The molecule has 0 saturated heterocycles. The molecule has 1 fully saturated rings. The third-order valence-electron chi connectivity index (χ3n) is 5.37. The van der Waals surface area contributed by atoms with E-state index in [1.807, 2.05) is 36.4 Å². The highest BCUT2D eigenvalue weighted by molar-refractivity contribution is 7.93. The Morgan fingerprint density at radius 2 is 1.87 bits per heavy atom. The quantitative estimate of drug-likeness (QED) is 0.607. The number of nitrogens with one attached hydrogen (secondary N) is 2. The van der Waals surface area contributed by atoms with Crippen molar-refractivity contribution in [2.45, 2.75) is 36.9 Å². The first-order valence-electron chi connectivity index (χ1n) is 9.82. The Balaban J connectivity index is 1.28. The van der Waals surface area contributed by atoms with E-state index in [0.29, 0.717) is 30.8 Å². The van der Waals surface area contributed by atoms with Gasteiger partial charge in [-0.2, -0.15) is 0 Å². The number of aryl methyl sites for hydroxylation is 1. The van der Waals surface area contributed by atoms with Gasteiger partial charge in [-0.15, -0.1) is 11.3 Å². The van der Waals surface area contributed by atoms with Crippen LogP contribution in [0.5, 0.6) is 0 Å². The Hall–Kier alpha value is -2.78. The van der Waals surface area contributed by atoms with Crippen LogP contribution in [0.15, 0.2) is 48.8 Å². The molecule has 2 aliphatic carbocycles. The van der Waals surface area contributed by atoms with Crippen LogP contribution in [-0.4, -0.2) is 29.5 Å². The Labute approximate surface area is 178 Å². The van der Waals surface area contributed by atoms with Gasteiger partial charge in [-0.1, -0.05) is 18.2 Å². The Morgan fingerprint density at radius 3 is 2.57 bits per heavy atom. The number of amides is 1. The van der Waals surface area contributed by atoms with Crippen molar-refractivity contribution in [2.75, 3.05) is 10.0 Å². The highest BCUT2D eigenvalue weighted by atomic mass is 32.2. The lowest BCUT2D eigenvalue weighted by Gasteiger charge is -2.11. The molecule has 1 saturated carbocycles. The molecule has 0 radical (unpaired) electrons. The number of carbonyl (C=O) groups is 1. The van der Waals surface area contributed by atoms with Gasteiger partial charge in [0.15, 0.2) is 5.13 Å². The van der Waals surface area contributed by atoms with Gasteiger partial charge in [0.1, 0.15) is 0 Å². The van der Waals surface area contributed by atoms with Crippen LogP contribution < -0.4 is 10.0 Å². The normalized spacial score (nSPS) is 18.1. The minimum atomic E-state index is -3.35. The van der Waals surface area contributed by atoms with Crippen LogP contribution in [0.4, 0.5) is 10.8 Å². The molecule has 2 aliphatic rings. The van der Waals surface area contributed by atoms with E-state index >= 15 is 0 Å². The first-order chi connectivity index (χ1) is 14.5. The molecule has 1 amide bonds. The molecular formula is C21H20N4O3S2. The number of aromatic nitrogens is 2. The number of pyridine rings is 1. The standard InChI is InChI=1S/C21H20N4O3S2/c26-20(23-15-5-3-13(4-6-15)14-2-1-11-22-12-14)17-9-10-18-19(17)29-21(24-18)25-30(27,28)16-7-8-16/h1-6,11-12,16-17H,7-10H2,(H,23,26)(H,24,25). The second-order valence-electron chi connectivity index (χ2n) is 7.58. The van der Waals surface area contributed by atoms with Crippen molar-refractivity contribution in [1.82, 2.24) is 9.97 Å². The summed E-state index contributed by atoms with van der Waals surface area (Å²) in [5.74, 6) is -0.405. The number of fused-ring (bicyclic) bond motifs is 1. The monoisotopic (exact) mass is 440 g/mol. The molecule has 5 rings (SSSR count). The highest BCUT2D eigenvalue weighted by Crippen LogP contribution is 2.41. The topological polar surface area (TPSA) is 101 Å². The number of nitrogens with zero attached hydrogens (tertiary/aromatic N) is 2. The second-order valence-corrected chi connectivity index (χ2v) is 10.6. The summed E-state index contributed by atoms with van der Waals surface area (Å²) in [6.07, 6.45) is 6.29. The molecular weight excluding hydrogens is 420 g/mol. The average molecular weight is 441 g/mol. The number of thiazole rings is 1. The maximum Gasteiger partial charge on any atom is 0.237 e. The van der Waals surface area contributed by atoms with E-state index in [2.05, 4.69) is 20.0 Å². The van der Waals surface area contributed by atoms with Crippen molar-refractivity contribution in [3.8, 4) is 11.1 Å². The molecule has 1 unspecified atom stereocenters. The van der Waals surface area contributed by atoms with Crippen molar-refractivity contribution in [3.05, 3.63) is 59.4 Å². The predicted octanol–water partition coefficient (Wildman–Crippen LogP) is 3.78. The molecule has 0 bridgehead atoms. The molecule has 1 atom stereocenters. The van der Waals surface area contributed by atoms with Crippen LogP contribution in [0.1, 0.15) is 35.8 Å². The summed E-state index contributed by atoms with van der Waals surface area (Å²) in [5, 5.41) is 3.04. The molecule has 0 aliphatic heterocycles. The van der Waals surface area contributed by atoms with Crippen molar-refractivity contribution in [3.63, 3.8) is 0 Å². The molecule has 154 valence electrons. The third-order valence-corrected chi connectivity index (χ3v) is 8.45. The SMILES string of the molecule is O=C(Nc1ccc(-c2cccnc2)cc1)C1CCc2nc(NS(=O)(=O)C3CC3)sc21. The lowest BCUT2D eigenvalue weighted by Crippen LogP contribution is -2.19. The number of benzene rings is 1. The van der Waals surface area contributed by atoms with Crippen molar-refractivity contribution < 1.29 is 13.2 Å². The van der Waals surface area contributed by atoms with Crippen molar-refractivity contribution in [2.24, 2.45) is 0 Å². The first kappa shape index (κ1) is 19.2. The zero-order chi connectivity index (χ0) is 20.7. The summed E-state index contributed by atoms with van der Waals surface area (Å²) in [6.45, 7) is 0. The average Bonchev–Trinajstić information content (AvgIpc) is 3.44. The number of sulfonamides is 1. The number of hydrogen-bond acceptors (Lipinski definition) is 6. The zero-order valence-corrected chi connectivity index (χ0v) is 17.7. The van der Waals surface area contributed by atoms with E-state index in [0.717, 1.165) is 27.4 Å². The summed E-state index contributed by atoms with van der Waals surface area (Å²) in [4.78, 5) is 22.3. The molecule has 2 N–H and O–H groups in total. The third kappa shape index (κ3) is 3.82. The summed E-state index contributed by atoms with van der Waals surface area (Å²) in [7, 11) is -3.35.